The van der Waals surface area contributed by atoms with Crippen LogP contribution in [0.2, 0.25) is 6.04 Å². The molecule has 1 aliphatic heterocycles. The zero-order valence-electron chi connectivity index (χ0n) is 11.6. The second kappa shape index (κ2) is 5.06. The molecule has 1 aliphatic rings. The van der Waals surface area contributed by atoms with Crippen molar-refractivity contribution < 1.29 is 13.3 Å². The summed E-state index contributed by atoms with van der Waals surface area (Å²) in [5.41, 5.74) is -0.663. The number of allylic oxidation sites excluding steroid dienone is 2. The third-order valence-corrected chi connectivity index (χ3v) is 6.28. The van der Waals surface area contributed by atoms with Gasteiger partial charge in [0.2, 0.25) is 0 Å². The second-order valence-corrected chi connectivity index (χ2v) is 7.75. The van der Waals surface area contributed by atoms with E-state index in [0.717, 1.165) is 0 Å². The van der Waals surface area contributed by atoms with Crippen molar-refractivity contribution in [3.8, 4) is 0 Å². The lowest BCUT2D eigenvalue weighted by Crippen LogP contribution is -2.42. The van der Waals surface area contributed by atoms with E-state index in [0.29, 0.717) is 12.7 Å². The van der Waals surface area contributed by atoms with Gasteiger partial charge in [0.25, 0.3) is 0 Å². The molecule has 1 fully saturated rings. The van der Waals surface area contributed by atoms with E-state index in [9.17, 15) is 0 Å². The van der Waals surface area contributed by atoms with Crippen molar-refractivity contribution in [3.05, 3.63) is 24.8 Å². The molecule has 0 aliphatic carbocycles. The van der Waals surface area contributed by atoms with Crippen molar-refractivity contribution in [2.24, 2.45) is 0 Å². The summed E-state index contributed by atoms with van der Waals surface area (Å²) in [7, 11) is -2.60. The SMILES string of the molecule is C=CCO[Si]1(C/C=C/C)OC(C)(C)C(C)(C)O1. The number of hydrogen-bond acceptors (Lipinski definition) is 3. The van der Waals surface area contributed by atoms with Gasteiger partial charge in [-0.2, -0.15) is 0 Å². The van der Waals surface area contributed by atoms with E-state index in [2.05, 4.69) is 34.3 Å². The maximum absolute atomic E-state index is 6.15. The molecule has 0 aromatic heterocycles. The molecule has 0 spiro atoms. The van der Waals surface area contributed by atoms with Gasteiger partial charge >= 0.3 is 8.80 Å². The lowest BCUT2D eigenvalue weighted by atomic mass is 9.90. The zero-order chi connectivity index (χ0) is 13.2. The lowest BCUT2D eigenvalue weighted by molar-refractivity contribution is 0.00578. The zero-order valence-corrected chi connectivity index (χ0v) is 12.6. The van der Waals surface area contributed by atoms with Gasteiger partial charge in [-0.1, -0.05) is 18.2 Å². The van der Waals surface area contributed by atoms with E-state index < -0.39 is 8.80 Å². The summed E-state index contributed by atoms with van der Waals surface area (Å²) in [6.07, 6.45) is 5.78. The van der Waals surface area contributed by atoms with Crippen molar-refractivity contribution >= 4 is 8.80 Å². The van der Waals surface area contributed by atoms with E-state index in [1.165, 1.54) is 0 Å². The highest BCUT2D eigenvalue weighted by molar-refractivity contribution is 6.62. The largest absolute Gasteiger partial charge is 0.506 e. The van der Waals surface area contributed by atoms with Crippen molar-refractivity contribution in [1.82, 2.24) is 0 Å². The van der Waals surface area contributed by atoms with Crippen LogP contribution >= 0.6 is 0 Å². The van der Waals surface area contributed by atoms with Gasteiger partial charge in [-0.3, -0.25) is 0 Å². The summed E-state index contributed by atoms with van der Waals surface area (Å²) < 4.78 is 18.1. The van der Waals surface area contributed by atoms with Crippen molar-refractivity contribution in [2.75, 3.05) is 6.61 Å². The Hall–Kier alpha value is -0.423. The third-order valence-electron chi connectivity index (χ3n) is 3.30. The summed E-state index contributed by atoms with van der Waals surface area (Å²) in [4.78, 5) is 0. The van der Waals surface area contributed by atoms with E-state index in [1.807, 2.05) is 19.1 Å². The van der Waals surface area contributed by atoms with Gasteiger partial charge in [0, 0.05) is 6.04 Å². The lowest BCUT2D eigenvalue weighted by Gasteiger charge is -2.31. The Labute approximate surface area is 106 Å². The van der Waals surface area contributed by atoms with Gasteiger partial charge in [0.1, 0.15) is 0 Å². The fourth-order valence-electron chi connectivity index (χ4n) is 1.69. The van der Waals surface area contributed by atoms with Crippen LogP contribution in [0.15, 0.2) is 24.8 Å². The first kappa shape index (κ1) is 14.6. The first-order valence-corrected chi connectivity index (χ1v) is 7.98. The molecular weight excluding hydrogens is 232 g/mol. The van der Waals surface area contributed by atoms with Gasteiger partial charge in [0.05, 0.1) is 17.8 Å². The highest BCUT2D eigenvalue weighted by Crippen LogP contribution is 2.43. The van der Waals surface area contributed by atoms with Crippen LogP contribution in [0, 0.1) is 0 Å². The molecule has 0 atom stereocenters. The predicted octanol–water partition coefficient (Wildman–Crippen LogP) is 3.31. The van der Waals surface area contributed by atoms with Crippen molar-refractivity contribution in [2.45, 2.75) is 51.9 Å². The third kappa shape index (κ3) is 3.07. The molecule has 0 radical (unpaired) electrons. The van der Waals surface area contributed by atoms with Crippen LogP contribution in [0.25, 0.3) is 0 Å². The summed E-state index contributed by atoms with van der Waals surface area (Å²) in [5, 5.41) is 0. The van der Waals surface area contributed by atoms with Gasteiger partial charge in [-0.15, -0.1) is 6.58 Å². The maximum atomic E-state index is 6.15. The number of rotatable bonds is 5. The van der Waals surface area contributed by atoms with Crippen molar-refractivity contribution in [1.29, 1.82) is 0 Å². The van der Waals surface area contributed by atoms with Crippen LogP contribution < -0.4 is 0 Å². The Bertz CT molecular complexity index is 292. The van der Waals surface area contributed by atoms with E-state index in [1.54, 1.807) is 6.08 Å². The molecule has 4 heteroatoms. The Kier molecular flexibility index (Phi) is 4.36. The van der Waals surface area contributed by atoms with Crippen LogP contribution in [0.4, 0.5) is 0 Å². The van der Waals surface area contributed by atoms with Gasteiger partial charge < -0.3 is 13.3 Å². The second-order valence-electron chi connectivity index (χ2n) is 5.28. The first-order chi connectivity index (χ1) is 7.79. The molecule has 1 saturated heterocycles. The Morgan fingerprint density at radius 1 is 1.18 bits per heavy atom. The average Bonchev–Trinajstić information content (AvgIpc) is 2.40. The predicted molar refractivity (Wildman–Crippen MR) is 71.9 cm³/mol. The molecular formula is C13H24O3Si. The van der Waals surface area contributed by atoms with Crippen LogP contribution in [0.3, 0.4) is 0 Å². The minimum atomic E-state index is -2.60. The highest BCUT2D eigenvalue weighted by atomic mass is 28.4. The average molecular weight is 256 g/mol. The molecule has 98 valence electrons. The summed E-state index contributed by atoms with van der Waals surface area (Å²) in [6.45, 7) is 14.3. The monoisotopic (exact) mass is 256 g/mol. The Morgan fingerprint density at radius 3 is 2.12 bits per heavy atom. The molecule has 17 heavy (non-hydrogen) atoms. The van der Waals surface area contributed by atoms with E-state index >= 15 is 0 Å². The molecule has 0 N–H and O–H groups in total. The van der Waals surface area contributed by atoms with Crippen LogP contribution in [0.5, 0.6) is 0 Å². The standard InChI is InChI=1S/C13H24O3Si/c1-7-9-11-17(14-10-8-2)15-12(3,4)13(5,6)16-17/h7-9H,2,10-11H2,1,3-6H3/b9-7+. The molecule has 0 unspecified atom stereocenters. The van der Waals surface area contributed by atoms with Crippen LogP contribution in [-0.4, -0.2) is 26.6 Å². The molecule has 0 amide bonds. The highest BCUT2D eigenvalue weighted by Gasteiger charge is 2.60. The first-order valence-electron chi connectivity index (χ1n) is 6.05. The summed E-state index contributed by atoms with van der Waals surface area (Å²) in [6, 6.07) is 0.712. The minimum Gasteiger partial charge on any atom is -0.369 e. The van der Waals surface area contributed by atoms with Gasteiger partial charge in [0.15, 0.2) is 0 Å². The summed E-state index contributed by atoms with van der Waals surface area (Å²) >= 11 is 0. The Morgan fingerprint density at radius 2 is 1.71 bits per heavy atom. The smallest absolute Gasteiger partial charge is 0.369 e. The Balaban J connectivity index is 2.90. The minimum absolute atomic E-state index is 0.331. The normalized spacial score (nSPS) is 25.2. The quantitative estimate of drug-likeness (QED) is 0.558. The van der Waals surface area contributed by atoms with Crippen LogP contribution in [-0.2, 0) is 13.3 Å². The van der Waals surface area contributed by atoms with Crippen molar-refractivity contribution in [3.63, 3.8) is 0 Å². The molecule has 0 bridgehead atoms. The maximum Gasteiger partial charge on any atom is 0.506 e. The molecule has 0 aromatic rings. The molecule has 0 saturated carbocycles. The van der Waals surface area contributed by atoms with E-state index in [-0.39, 0.29) is 11.2 Å². The van der Waals surface area contributed by atoms with E-state index in [4.69, 9.17) is 13.3 Å². The van der Waals surface area contributed by atoms with Gasteiger partial charge in [-0.05, 0) is 34.6 Å². The molecule has 3 nitrogen and oxygen atoms in total. The van der Waals surface area contributed by atoms with Gasteiger partial charge in [-0.25, -0.2) is 0 Å². The fraction of sp³-hybridized carbons (Fsp3) is 0.692. The number of hydrogen-bond donors (Lipinski definition) is 0. The molecule has 0 aromatic carbocycles. The summed E-state index contributed by atoms with van der Waals surface area (Å²) in [5.74, 6) is 0. The van der Waals surface area contributed by atoms with Crippen LogP contribution in [0.1, 0.15) is 34.6 Å². The molecule has 1 rings (SSSR count). The fourth-order valence-corrected chi connectivity index (χ4v) is 5.08. The topological polar surface area (TPSA) is 27.7 Å². The molecule has 1 heterocycles.